The van der Waals surface area contributed by atoms with E-state index in [1.807, 2.05) is 11.3 Å². The maximum atomic E-state index is 5.36. The van der Waals surface area contributed by atoms with E-state index in [-0.39, 0.29) is 0 Å². The molecule has 1 aromatic heterocycles. The number of thiazole rings is 1. The quantitative estimate of drug-likeness (QED) is 0.242. The van der Waals surface area contributed by atoms with Crippen LogP contribution in [0.5, 0.6) is 5.75 Å². The third-order valence-corrected chi connectivity index (χ3v) is 7.12. The van der Waals surface area contributed by atoms with Gasteiger partial charge in [-0.3, -0.25) is 0 Å². The van der Waals surface area contributed by atoms with Crippen LogP contribution in [0.3, 0.4) is 0 Å². The van der Waals surface area contributed by atoms with Gasteiger partial charge in [0.1, 0.15) is 10.8 Å². The molecule has 162 valence electrons. The molecule has 0 amide bonds. The monoisotopic (exact) mass is 423 g/mol. The van der Waals surface area contributed by atoms with Gasteiger partial charge in [0.15, 0.2) is 0 Å². The minimum absolute atomic E-state index is 0.377. The van der Waals surface area contributed by atoms with Crippen LogP contribution in [-0.4, -0.2) is 12.1 Å². The summed E-state index contributed by atoms with van der Waals surface area (Å²) in [6, 6.07) is 17.1. The molecule has 0 saturated heterocycles. The Bertz CT molecular complexity index is 822. The fraction of sp³-hybridized carbons (Fsp3) is 0.519. The zero-order valence-electron chi connectivity index (χ0n) is 18.7. The Labute approximate surface area is 186 Å². The molecule has 0 radical (unpaired) electrons. The molecule has 1 unspecified atom stereocenters. The second-order valence-electron chi connectivity index (χ2n) is 8.32. The Hall–Kier alpha value is -1.87. The topological polar surface area (TPSA) is 22.1 Å². The van der Waals surface area contributed by atoms with Crippen LogP contribution in [0.2, 0.25) is 0 Å². The molecule has 3 heteroatoms. The van der Waals surface area contributed by atoms with E-state index in [1.165, 1.54) is 85.9 Å². The lowest BCUT2D eigenvalue weighted by molar-refractivity contribution is 0.414. The second kappa shape index (κ2) is 12.7. The number of methoxy groups -OCH3 is 1. The average Bonchev–Trinajstić information content (AvgIpc) is 3.21. The summed E-state index contributed by atoms with van der Waals surface area (Å²) in [5.41, 5.74) is 2.48. The molecule has 0 N–H and O–H groups in total. The fourth-order valence-electron chi connectivity index (χ4n) is 4.14. The molecule has 3 aromatic rings. The minimum Gasteiger partial charge on any atom is -0.497 e. The van der Waals surface area contributed by atoms with Gasteiger partial charge in [-0.2, -0.15) is 0 Å². The van der Waals surface area contributed by atoms with Gasteiger partial charge >= 0.3 is 0 Å². The van der Waals surface area contributed by atoms with Gasteiger partial charge in [-0.15, -0.1) is 11.3 Å². The number of ether oxygens (including phenoxy) is 1. The van der Waals surface area contributed by atoms with E-state index < -0.39 is 0 Å². The van der Waals surface area contributed by atoms with Crippen LogP contribution < -0.4 is 4.74 Å². The first-order valence-corrected chi connectivity index (χ1v) is 12.6. The lowest BCUT2D eigenvalue weighted by Crippen LogP contribution is -2.01. The summed E-state index contributed by atoms with van der Waals surface area (Å²) in [6.45, 7) is 2.29. The Balaban J connectivity index is 1.54. The van der Waals surface area contributed by atoms with Crippen LogP contribution in [0.15, 0.2) is 48.5 Å². The summed E-state index contributed by atoms with van der Waals surface area (Å²) in [4.78, 5) is 4.98. The molecular weight excluding hydrogens is 386 g/mol. The van der Waals surface area contributed by atoms with Gasteiger partial charge < -0.3 is 4.74 Å². The van der Waals surface area contributed by atoms with Gasteiger partial charge in [0, 0.05) is 5.92 Å². The van der Waals surface area contributed by atoms with Crippen molar-refractivity contribution in [3.63, 3.8) is 0 Å². The summed E-state index contributed by atoms with van der Waals surface area (Å²) in [5, 5.41) is 1.25. The van der Waals surface area contributed by atoms with Gasteiger partial charge in [-0.1, -0.05) is 95.4 Å². The number of fused-ring (bicyclic) bond motifs is 1. The number of aromatic nitrogens is 1. The first kappa shape index (κ1) is 22.8. The van der Waals surface area contributed by atoms with Crippen LogP contribution in [-0.2, 0) is 0 Å². The fourth-order valence-corrected chi connectivity index (χ4v) is 5.27. The molecule has 30 heavy (non-hydrogen) atoms. The zero-order valence-corrected chi connectivity index (χ0v) is 19.6. The molecule has 2 aromatic carbocycles. The van der Waals surface area contributed by atoms with Gasteiger partial charge in [-0.25, -0.2) is 4.98 Å². The number of benzene rings is 2. The van der Waals surface area contributed by atoms with Crippen LogP contribution in [0.1, 0.15) is 94.0 Å². The second-order valence-corrected chi connectivity index (χ2v) is 9.38. The average molecular weight is 424 g/mol. The van der Waals surface area contributed by atoms with Crippen LogP contribution in [0, 0.1) is 0 Å². The highest BCUT2D eigenvalue weighted by Gasteiger charge is 2.18. The maximum Gasteiger partial charge on any atom is 0.118 e. The molecule has 1 atom stereocenters. The van der Waals surface area contributed by atoms with E-state index in [9.17, 15) is 0 Å². The lowest BCUT2D eigenvalue weighted by Gasteiger charge is -2.15. The van der Waals surface area contributed by atoms with Crippen LogP contribution in [0.4, 0.5) is 0 Å². The third-order valence-electron chi connectivity index (χ3n) is 5.97. The highest BCUT2D eigenvalue weighted by molar-refractivity contribution is 7.18. The van der Waals surface area contributed by atoms with Gasteiger partial charge in [-0.05, 0) is 36.2 Å². The molecular formula is C27H37NOS. The normalized spacial score (nSPS) is 12.3. The lowest BCUT2D eigenvalue weighted by atomic mass is 9.93. The number of hydrogen-bond donors (Lipinski definition) is 0. The number of unbranched alkanes of at least 4 members (excludes halogenated alkanes) is 9. The number of rotatable bonds is 14. The Morgan fingerprint density at radius 3 is 2.07 bits per heavy atom. The van der Waals surface area contributed by atoms with Crippen molar-refractivity contribution in [2.45, 2.75) is 83.5 Å². The number of hydrogen-bond acceptors (Lipinski definition) is 3. The van der Waals surface area contributed by atoms with Crippen molar-refractivity contribution >= 4 is 21.6 Å². The Morgan fingerprint density at radius 1 is 0.800 bits per heavy atom. The molecule has 0 fully saturated rings. The molecule has 0 aliphatic carbocycles. The van der Waals surface area contributed by atoms with E-state index in [0.29, 0.717) is 5.92 Å². The predicted octanol–water partition coefficient (Wildman–Crippen LogP) is 8.75. The zero-order chi connectivity index (χ0) is 21.0. The summed E-state index contributed by atoms with van der Waals surface area (Å²) < 4.78 is 6.64. The Morgan fingerprint density at radius 2 is 1.43 bits per heavy atom. The minimum atomic E-state index is 0.377. The van der Waals surface area contributed by atoms with Crippen molar-refractivity contribution < 1.29 is 4.74 Å². The molecule has 2 nitrogen and oxygen atoms in total. The molecule has 0 aliphatic heterocycles. The van der Waals surface area contributed by atoms with Crippen molar-refractivity contribution in [3.8, 4) is 5.75 Å². The SMILES string of the molecule is CCCCCCCCCCCCC(c1ccc(OC)cc1)c1nc2ccccc2s1. The van der Waals surface area contributed by atoms with Crippen molar-refractivity contribution in [1.29, 1.82) is 0 Å². The molecule has 0 saturated carbocycles. The van der Waals surface area contributed by atoms with E-state index >= 15 is 0 Å². The molecule has 3 rings (SSSR count). The Kier molecular flexibility index (Phi) is 9.69. The van der Waals surface area contributed by atoms with E-state index in [2.05, 4.69) is 55.5 Å². The molecule has 1 heterocycles. The predicted molar refractivity (Wildman–Crippen MR) is 131 cm³/mol. The smallest absolute Gasteiger partial charge is 0.118 e. The summed E-state index contributed by atoms with van der Waals surface area (Å²) >= 11 is 1.85. The molecule has 0 bridgehead atoms. The molecule has 0 aliphatic rings. The largest absolute Gasteiger partial charge is 0.497 e. The van der Waals surface area contributed by atoms with Gasteiger partial charge in [0.05, 0.1) is 17.3 Å². The first-order valence-electron chi connectivity index (χ1n) is 11.8. The standard InChI is InChI=1S/C27H37NOS/c1-3-4-5-6-7-8-9-10-11-12-15-24(22-18-20-23(29-2)21-19-22)27-28-25-16-13-14-17-26(25)30-27/h13-14,16-21,24H,3-12,15H2,1-2H3. The maximum absolute atomic E-state index is 5.36. The summed E-state index contributed by atoms with van der Waals surface area (Å²) in [7, 11) is 1.73. The van der Waals surface area contributed by atoms with E-state index in [1.54, 1.807) is 7.11 Å². The van der Waals surface area contributed by atoms with E-state index in [4.69, 9.17) is 9.72 Å². The summed E-state index contributed by atoms with van der Waals surface area (Å²) in [6.07, 6.45) is 14.9. The number of para-hydroxylation sites is 1. The van der Waals surface area contributed by atoms with Crippen molar-refractivity contribution in [3.05, 3.63) is 59.1 Å². The first-order chi connectivity index (χ1) is 14.8. The van der Waals surface area contributed by atoms with Gasteiger partial charge in [0.25, 0.3) is 0 Å². The van der Waals surface area contributed by atoms with Crippen molar-refractivity contribution in [2.75, 3.05) is 7.11 Å². The van der Waals surface area contributed by atoms with Crippen molar-refractivity contribution in [1.82, 2.24) is 4.98 Å². The number of nitrogens with zero attached hydrogens (tertiary/aromatic N) is 1. The summed E-state index contributed by atoms with van der Waals surface area (Å²) in [5.74, 6) is 1.29. The van der Waals surface area contributed by atoms with Crippen LogP contribution >= 0.6 is 11.3 Å². The third kappa shape index (κ3) is 6.84. The van der Waals surface area contributed by atoms with Crippen molar-refractivity contribution in [2.24, 2.45) is 0 Å². The molecule has 0 spiro atoms. The van der Waals surface area contributed by atoms with Gasteiger partial charge in [0.2, 0.25) is 0 Å². The van der Waals surface area contributed by atoms with E-state index in [0.717, 1.165) is 11.3 Å². The highest BCUT2D eigenvalue weighted by atomic mass is 32.1. The van der Waals surface area contributed by atoms with Crippen LogP contribution in [0.25, 0.3) is 10.2 Å². The highest BCUT2D eigenvalue weighted by Crippen LogP contribution is 2.36.